The van der Waals surface area contributed by atoms with Gasteiger partial charge in [0.15, 0.2) is 0 Å². The van der Waals surface area contributed by atoms with Crippen LogP contribution < -0.4 is 0 Å². The Morgan fingerprint density at radius 3 is 2.00 bits per heavy atom. The van der Waals surface area contributed by atoms with E-state index in [1.807, 2.05) is 0 Å². The standard InChI is InChI=1S/C29H50O2/c1-25(2)14-8-15-28(6)23-12-11-20-21(29(23,7)17-22(30)24(25)28)10-9-19-18(26(3,4)31)13-16-27(19,20)5/h18-24,30-31H,8-17H2,1-7H3/t18-,19+,20?,21?,22-,23?,24?,27-,28+,29-/m0/s1. The molecule has 2 N–H and O–H groups in total. The zero-order valence-corrected chi connectivity index (χ0v) is 21.5. The van der Waals surface area contributed by atoms with Gasteiger partial charge in [-0.25, -0.2) is 0 Å². The molecule has 0 saturated heterocycles. The molecule has 178 valence electrons. The first-order chi connectivity index (χ1) is 14.3. The Kier molecular flexibility index (Phi) is 4.94. The molecule has 0 aliphatic heterocycles. The number of aliphatic hydroxyl groups excluding tert-OH is 1. The minimum absolute atomic E-state index is 0.140. The fraction of sp³-hybridized carbons (Fsp3) is 1.00. The molecule has 5 saturated carbocycles. The normalized spacial score (nSPS) is 56.2. The predicted octanol–water partition coefficient (Wildman–Crippen LogP) is 6.83. The summed E-state index contributed by atoms with van der Waals surface area (Å²) in [6, 6.07) is 0. The van der Waals surface area contributed by atoms with Gasteiger partial charge in [0.25, 0.3) is 0 Å². The van der Waals surface area contributed by atoms with E-state index in [1.54, 1.807) is 0 Å². The zero-order valence-electron chi connectivity index (χ0n) is 21.5. The van der Waals surface area contributed by atoms with Gasteiger partial charge in [0.05, 0.1) is 11.7 Å². The summed E-state index contributed by atoms with van der Waals surface area (Å²) in [5.74, 6) is 3.90. The maximum absolute atomic E-state index is 11.7. The molecule has 0 aromatic heterocycles. The first kappa shape index (κ1) is 22.7. The van der Waals surface area contributed by atoms with Crippen molar-refractivity contribution in [3.8, 4) is 0 Å². The molecule has 0 spiro atoms. The van der Waals surface area contributed by atoms with Crippen LogP contribution in [0.5, 0.6) is 0 Å². The molecule has 5 rings (SSSR count). The number of fused-ring (bicyclic) bond motifs is 7. The smallest absolute Gasteiger partial charge is 0.0622 e. The topological polar surface area (TPSA) is 40.5 Å². The molecule has 31 heavy (non-hydrogen) atoms. The van der Waals surface area contributed by atoms with Crippen LogP contribution in [0, 0.1) is 57.2 Å². The molecule has 0 heterocycles. The monoisotopic (exact) mass is 430 g/mol. The Hall–Kier alpha value is -0.0800. The van der Waals surface area contributed by atoms with Crippen molar-refractivity contribution in [3.05, 3.63) is 0 Å². The number of hydrogen-bond donors (Lipinski definition) is 2. The summed E-state index contributed by atoms with van der Waals surface area (Å²) >= 11 is 0. The van der Waals surface area contributed by atoms with Crippen LogP contribution >= 0.6 is 0 Å². The molecule has 5 fully saturated rings. The molecule has 0 aromatic rings. The van der Waals surface area contributed by atoms with Crippen LogP contribution in [-0.2, 0) is 0 Å². The second-order valence-electron chi connectivity index (χ2n) is 14.9. The maximum atomic E-state index is 11.7. The van der Waals surface area contributed by atoms with Gasteiger partial charge in [-0.3, -0.25) is 0 Å². The third-order valence-corrected chi connectivity index (χ3v) is 12.7. The molecule has 5 aliphatic rings. The SMILES string of the molecule is CC1(C)CCC[C@@]2(C)C1[C@@H](O)C[C@@]1(C)C3CC[C@@H]4[C@@H](C(C)(C)O)CC[C@]4(C)C3CCC12. The summed E-state index contributed by atoms with van der Waals surface area (Å²) in [5.41, 5.74) is 0.672. The fourth-order valence-electron chi connectivity index (χ4n) is 11.8. The summed E-state index contributed by atoms with van der Waals surface area (Å²) in [6.07, 6.45) is 12.7. The molecule has 0 aromatic carbocycles. The Balaban J connectivity index is 1.49. The highest BCUT2D eigenvalue weighted by molar-refractivity contribution is 5.17. The minimum atomic E-state index is -0.550. The summed E-state index contributed by atoms with van der Waals surface area (Å²) < 4.78 is 0. The van der Waals surface area contributed by atoms with E-state index < -0.39 is 5.60 Å². The molecule has 4 unspecified atom stereocenters. The lowest BCUT2D eigenvalue weighted by molar-refractivity contribution is -0.237. The second-order valence-corrected chi connectivity index (χ2v) is 14.9. The third kappa shape index (κ3) is 2.95. The van der Waals surface area contributed by atoms with Crippen LogP contribution in [0.2, 0.25) is 0 Å². The summed E-state index contributed by atoms with van der Waals surface area (Å²) in [6.45, 7) is 16.8. The first-order valence-electron chi connectivity index (χ1n) is 13.7. The van der Waals surface area contributed by atoms with Crippen molar-refractivity contribution in [3.63, 3.8) is 0 Å². The van der Waals surface area contributed by atoms with Crippen molar-refractivity contribution in [2.75, 3.05) is 0 Å². The summed E-state index contributed by atoms with van der Waals surface area (Å²) in [4.78, 5) is 0. The van der Waals surface area contributed by atoms with Crippen molar-refractivity contribution in [2.24, 2.45) is 57.2 Å². The van der Waals surface area contributed by atoms with E-state index in [0.29, 0.717) is 28.6 Å². The average molecular weight is 431 g/mol. The summed E-state index contributed by atoms with van der Waals surface area (Å²) in [5, 5.41) is 22.6. The van der Waals surface area contributed by atoms with Gasteiger partial charge < -0.3 is 10.2 Å². The minimum Gasteiger partial charge on any atom is -0.393 e. The lowest BCUT2D eigenvalue weighted by Crippen LogP contribution is -2.65. The van der Waals surface area contributed by atoms with Crippen molar-refractivity contribution < 1.29 is 10.2 Å². The van der Waals surface area contributed by atoms with E-state index in [4.69, 9.17) is 0 Å². The van der Waals surface area contributed by atoms with Crippen LogP contribution in [0.15, 0.2) is 0 Å². The van der Waals surface area contributed by atoms with Gasteiger partial charge in [0, 0.05) is 0 Å². The van der Waals surface area contributed by atoms with E-state index in [9.17, 15) is 10.2 Å². The highest BCUT2D eigenvalue weighted by Crippen LogP contribution is 2.74. The Morgan fingerprint density at radius 2 is 1.32 bits per heavy atom. The number of aliphatic hydroxyl groups is 2. The van der Waals surface area contributed by atoms with Crippen molar-refractivity contribution in [1.82, 2.24) is 0 Å². The van der Waals surface area contributed by atoms with E-state index in [-0.39, 0.29) is 16.9 Å². The van der Waals surface area contributed by atoms with Crippen LogP contribution in [0.1, 0.15) is 113 Å². The van der Waals surface area contributed by atoms with Gasteiger partial charge in [0.1, 0.15) is 0 Å². The van der Waals surface area contributed by atoms with Gasteiger partial charge in [-0.1, -0.05) is 41.0 Å². The van der Waals surface area contributed by atoms with E-state index >= 15 is 0 Å². The first-order valence-corrected chi connectivity index (χ1v) is 13.7. The van der Waals surface area contributed by atoms with Crippen LogP contribution in [0.25, 0.3) is 0 Å². The highest BCUT2D eigenvalue weighted by Gasteiger charge is 2.68. The van der Waals surface area contributed by atoms with Gasteiger partial charge >= 0.3 is 0 Å². The Morgan fingerprint density at radius 1 is 0.710 bits per heavy atom. The van der Waals surface area contributed by atoms with Crippen molar-refractivity contribution in [1.29, 1.82) is 0 Å². The third-order valence-electron chi connectivity index (χ3n) is 12.7. The average Bonchev–Trinajstić information content (AvgIpc) is 2.98. The molecule has 5 aliphatic carbocycles. The fourth-order valence-corrected chi connectivity index (χ4v) is 11.8. The second kappa shape index (κ2) is 6.74. The van der Waals surface area contributed by atoms with Crippen LogP contribution in [0.4, 0.5) is 0 Å². The molecule has 2 nitrogen and oxygen atoms in total. The Labute approximate surface area is 192 Å². The van der Waals surface area contributed by atoms with Gasteiger partial charge in [0.2, 0.25) is 0 Å². The van der Waals surface area contributed by atoms with Crippen LogP contribution in [-0.4, -0.2) is 21.9 Å². The largest absolute Gasteiger partial charge is 0.393 e. The lowest BCUT2D eigenvalue weighted by Gasteiger charge is -2.70. The molecule has 0 bridgehead atoms. The van der Waals surface area contributed by atoms with Crippen molar-refractivity contribution >= 4 is 0 Å². The molecule has 0 amide bonds. The number of hydrogen-bond acceptors (Lipinski definition) is 2. The van der Waals surface area contributed by atoms with Gasteiger partial charge in [-0.15, -0.1) is 0 Å². The summed E-state index contributed by atoms with van der Waals surface area (Å²) in [7, 11) is 0. The molecular formula is C29H50O2. The Bertz CT molecular complexity index is 721. The highest BCUT2D eigenvalue weighted by atomic mass is 16.3. The molecule has 0 radical (unpaired) electrons. The van der Waals surface area contributed by atoms with E-state index in [0.717, 1.165) is 24.2 Å². The van der Waals surface area contributed by atoms with Crippen molar-refractivity contribution in [2.45, 2.75) is 124 Å². The number of rotatable bonds is 1. The van der Waals surface area contributed by atoms with Gasteiger partial charge in [-0.05, 0) is 129 Å². The van der Waals surface area contributed by atoms with E-state index in [1.165, 1.54) is 57.8 Å². The van der Waals surface area contributed by atoms with Gasteiger partial charge in [-0.2, -0.15) is 0 Å². The maximum Gasteiger partial charge on any atom is 0.0622 e. The lowest BCUT2D eigenvalue weighted by atomic mass is 9.35. The zero-order chi connectivity index (χ0) is 22.6. The molecule has 10 atom stereocenters. The molecule has 2 heteroatoms. The molecular weight excluding hydrogens is 380 g/mol. The van der Waals surface area contributed by atoms with E-state index in [2.05, 4.69) is 48.5 Å². The predicted molar refractivity (Wildman–Crippen MR) is 128 cm³/mol. The quantitative estimate of drug-likeness (QED) is 0.478. The van der Waals surface area contributed by atoms with Crippen LogP contribution in [0.3, 0.4) is 0 Å².